The van der Waals surface area contributed by atoms with Crippen LogP contribution in [0.5, 0.6) is 0 Å². The molecular weight excluding hydrogens is 277 g/mol. The van der Waals surface area contributed by atoms with E-state index < -0.39 is 8.28 Å². The fourth-order valence-electron chi connectivity index (χ4n) is 1.67. The van der Waals surface area contributed by atoms with Gasteiger partial charge in [0.1, 0.15) is 12.1 Å². The third kappa shape index (κ3) is 3.03. The smallest absolute Gasteiger partial charge is 0.141 e. The molecule has 0 saturated heterocycles. The Kier molecular flexibility index (Phi) is 3.84. The summed E-state index contributed by atoms with van der Waals surface area (Å²) < 4.78 is 16.4. The summed E-state index contributed by atoms with van der Waals surface area (Å²) in [6.45, 7) is 4.11. The molecule has 1 unspecified atom stereocenters. The first-order chi connectivity index (χ1) is 7.88. The average Bonchev–Trinajstić information content (AvgIpc) is 2.17. The van der Waals surface area contributed by atoms with Crippen LogP contribution in [-0.2, 0) is 0 Å². The maximum absolute atomic E-state index is 13.2. The van der Waals surface area contributed by atoms with E-state index in [1.54, 1.807) is 6.07 Å². The van der Waals surface area contributed by atoms with E-state index in [-0.39, 0.29) is 12.1 Å². The van der Waals surface area contributed by atoms with Gasteiger partial charge >= 0.3 is 0 Å². The maximum Gasteiger partial charge on any atom is 0.141 e. The molecule has 1 atom stereocenters. The second-order valence-electron chi connectivity index (χ2n) is 4.21. The molecule has 7 heteroatoms. The van der Waals surface area contributed by atoms with Crippen molar-refractivity contribution in [2.75, 3.05) is 5.32 Å². The second-order valence-corrected chi connectivity index (χ2v) is 10.1. The summed E-state index contributed by atoms with van der Waals surface area (Å²) in [5.41, 5.74) is 0.864. The molecule has 17 heavy (non-hydrogen) atoms. The molecule has 0 aliphatic carbocycles. The SMILES string of the molecule is CC(C)NC1Nc2ccc(F)cc2S(S)(S)N1. The number of fused-ring (bicyclic) bond motifs is 1. The number of thiol groups is 2. The Hall–Kier alpha value is -0.0800. The van der Waals surface area contributed by atoms with Crippen LogP contribution in [0.2, 0.25) is 0 Å². The van der Waals surface area contributed by atoms with E-state index >= 15 is 0 Å². The topological polar surface area (TPSA) is 36.1 Å². The van der Waals surface area contributed by atoms with Crippen molar-refractivity contribution in [3.8, 4) is 0 Å². The molecule has 0 aromatic heterocycles. The summed E-state index contributed by atoms with van der Waals surface area (Å²) in [5, 5.41) is 6.55. The Morgan fingerprint density at radius 1 is 1.41 bits per heavy atom. The van der Waals surface area contributed by atoms with Gasteiger partial charge in [0.05, 0.1) is 5.69 Å². The van der Waals surface area contributed by atoms with Crippen molar-refractivity contribution >= 4 is 37.3 Å². The minimum atomic E-state index is -1.79. The molecule has 3 N–H and O–H groups in total. The van der Waals surface area contributed by atoms with Gasteiger partial charge in [-0.15, -0.1) is 23.3 Å². The van der Waals surface area contributed by atoms with E-state index in [0.29, 0.717) is 6.04 Å². The third-order valence-electron chi connectivity index (χ3n) is 2.33. The summed E-state index contributed by atoms with van der Waals surface area (Å²) >= 11 is 9.03. The molecule has 0 amide bonds. The minimum absolute atomic E-state index is 0.113. The molecule has 0 saturated carbocycles. The Balaban J connectivity index is 2.30. The Bertz CT molecular complexity index is 425. The van der Waals surface area contributed by atoms with Crippen LogP contribution in [0.1, 0.15) is 13.8 Å². The van der Waals surface area contributed by atoms with Crippen molar-refractivity contribution in [3.05, 3.63) is 24.0 Å². The Morgan fingerprint density at radius 3 is 2.76 bits per heavy atom. The van der Waals surface area contributed by atoms with Crippen molar-refractivity contribution in [2.45, 2.75) is 31.1 Å². The summed E-state index contributed by atoms with van der Waals surface area (Å²) in [6.07, 6.45) is -0.113. The summed E-state index contributed by atoms with van der Waals surface area (Å²) in [7, 11) is -1.79. The van der Waals surface area contributed by atoms with Crippen molar-refractivity contribution in [1.82, 2.24) is 10.0 Å². The molecule has 96 valence electrons. The number of nitrogens with one attached hydrogen (secondary N) is 3. The van der Waals surface area contributed by atoms with Gasteiger partial charge in [-0.3, -0.25) is 5.32 Å². The van der Waals surface area contributed by atoms with Crippen LogP contribution >= 0.6 is 31.6 Å². The first kappa shape index (κ1) is 13.4. The zero-order valence-electron chi connectivity index (χ0n) is 9.57. The minimum Gasteiger partial charge on any atom is -0.356 e. The highest BCUT2D eigenvalue weighted by Crippen LogP contribution is 2.64. The van der Waals surface area contributed by atoms with Crippen LogP contribution in [0.4, 0.5) is 10.1 Å². The number of hydrogen-bond acceptors (Lipinski definition) is 5. The highest BCUT2D eigenvalue weighted by atomic mass is 33.5. The zero-order valence-corrected chi connectivity index (χ0v) is 12.2. The standard InChI is InChI=1S/C10H16FN3S3/c1-6(2)12-10-13-8-4-3-7(11)5-9(8)17(15,16)14-10/h3-6,10,12-16H,1-2H3. The molecular formula is C10H16FN3S3. The third-order valence-corrected chi connectivity index (χ3v) is 5.66. The van der Waals surface area contributed by atoms with E-state index in [4.69, 9.17) is 0 Å². The highest BCUT2D eigenvalue weighted by Gasteiger charge is 2.30. The normalized spacial score (nSPS) is 24.0. The van der Waals surface area contributed by atoms with E-state index in [0.717, 1.165) is 10.6 Å². The van der Waals surface area contributed by atoms with Gasteiger partial charge < -0.3 is 5.32 Å². The van der Waals surface area contributed by atoms with Crippen molar-refractivity contribution in [3.63, 3.8) is 0 Å². The molecule has 0 spiro atoms. The fourth-order valence-corrected chi connectivity index (χ4v) is 4.50. The number of hydrogen-bond donors (Lipinski definition) is 5. The molecule has 1 aromatic rings. The average molecular weight is 293 g/mol. The Morgan fingerprint density at radius 2 is 2.12 bits per heavy atom. The number of benzene rings is 1. The lowest BCUT2D eigenvalue weighted by molar-refractivity contribution is 0.485. The van der Waals surface area contributed by atoms with E-state index in [1.807, 2.05) is 0 Å². The predicted molar refractivity (Wildman–Crippen MR) is 79.0 cm³/mol. The van der Waals surface area contributed by atoms with Gasteiger partial charge in [-0.05, 0) is 32.0 Å². The van der Waals surface area contributed by atoms with Crippen LogP contribution in [0.25, 0.3) is 0 Å². The molecule has 1 heterocycles. The van der Waals surface area contributed by atoms with Crippen molar-refractivity contribution in [2.24, 2.45) is 0 Å². The molecule has 0 bridgehead atoms. The van der Waals surface area contributed by atoms with Crippen LogP contribution in [0, 0.1) is 5.82 Å². The van der Waals surface area contributed by atoms with Crippen molar-refractivity contribution in [1.29, 1.82) is 0 Å². The lowest BCUT2D eigenvalue weighted by atomic mass is 10.3. The number of rotatable bonds is 2. The van der Waals surface area contributed by atoms with Gasteiger partial charge in [0.2, 0.25) is 0 Å². The lowest BCUT2D eigenvalue weighted by Crippen LogP contribution is -2.52. The van der Waals surface area contributed by atoms with E-state index in [2.05, 4.69) is 52.5 Å². The van der Waals surface area contributed by atoms with Crippen LogP contribution in [0.15, 0.2) is 23.1 Å². The molecule has 1 aliphatic heterocycles. The van der Waals surface area contributed by atoms with E-state index in [1.165, 1.54) is 12.1 Å². The molecule has 3 nitrogen and oxygen atoms in total. The molecule has 1 aliphatic rings. The monoisotopic (exact) mass is 293 g/mol. The van der Waals surface area contributed by atoms with Crippen LogP contribution in [-0.4, -0.2) is 12.3 Å². The summed E-state index contributed by atoms with van der Waals surface area (Å²) in [4.78, 5) is 0.769. The van der Waals surface area contributed by atoms with Gasteiger partial charge in [0, 0.05) is 10.9 Å². The van der Waals surface area contributed by atoms with Crippen LogP contribution in [0.3, 0.4) is 0 Å². The number of anilines is 1. The van der Waals surface area contributed by atoms with Gasteiger partial charge in [-0.25, -0.2) is 9.11 Å². The van der Waals surface area contributed by atoms with Gasteiger partial charge in [-0.1, -0.05) is 8.28 Å². The van der Waals surface area contributed by atoms with Gasteiger partial charge in [0.25, 0.3) is 0 Å². The first-order valence-electron chi connectivity index (χ1n) is 5.26. The summed E-state index contributed by atoms with van der Waals surface area (Å²) in [6, 6.07) is 4.94. The van der Waals surface area contributed by atoms with Crippen LogP contribution < -0.4 is 15.4 Å². The lowest BCUT2D eigenvalue weighted by Gasteiger charge is -2.42. The highest BCUT2D eigenvalue weighted by molar-refractivity contribution is 9.17. The Labute approximate surface area is 112 Å². The fraction of sp³-hybridized carbons (Fsp3) is 0.400. The van der Waals surface area contributed by atoms with E-state index in [9.17, 15) is 4.39 Å². The second kappa shape index (κ2) is 4.89. The predicted octanol–water partition coefficient (Wildman–Crippen LogP) is 2.89. The van der Waals surface area contributed by atoms with Gasteiger partial charge in [-0.2, -0.15) is 0 Å². The maximum atomic E-state index is 13.2. The largest absolute Gasteiger partial charge is 0.356 e. The molecule has 2 rings (SSSR count). The quantitative estimate of drug-likeness (QED) is 0.430. The molecule has 0 radical (unpaired) electrons. The number of halogens is 1. The molecule has 0 fully saturated rings. The van der Waals surface area contributed by atoms with Crippen molar-refractivity contribution < 1.29 is 4.39 Å². The molecule has 1 aromatic carbocycles. The zero-order chi connectivity index (χ0) is 12.6. The first-order valence-corrected chi connectivity index (χ1v) is 9.00. The van der Waals surface area contributed by atoms with Gasteiger partial charge in [0.15, 0.2) is 0 Å². The summed E-state index contributed by atoms with van der Waals surface area (Å²) in [5.74, 6) is -0.275.